The smallest absolute Gasteiger partial charge is 0.187 e. The van der Waals surface area contributed by atoms with Crippen LogP contribution in [0.5, 0.6) is 0 Å². The lowest BCUT2D eigenvalue weighted by molar-refractivity contribution is -0.378. The van der Waals surface area contributed by atoms with Gasteiger partial charge in [-0.3, -0.25) is 0 Å². The SMILES string of the molecule is CC(C)=CCCC(C)(OC1OCC(O)C(O)C1O)C1CCC2(C)C1C(O)CC1C3(C)CCC(OC4OC(CO)C(O)C(O)C4OC4OC(CO)C(O)C(O)C4O)C(C)(C)C3CCC12C. The molecule has 17 heteroatoms. The van der Waals surface area contributed by atoms with Crippen molar-refractivity contribution in [3.05, 3.63) is 11.6 Å². The Morgan fingerprint density at radius 2 is 1.27 bits per heavy atom. The van der Waals surface area contributed by atoms with Gasteiger partial charge in [0.15, 0.2) is 18.9 Å². The fourth-order valence-corrected chi connectivity index (χ4v) is 14.6. The van der Waals surface area contributed by atoms with E-state index in [9.17, 15) is 56.2 Å². The summed E-state index contributed by atoms with van der Waals surface area (Å²) < 4.78 is 37.1. The fourth-order valence-electron chi connectivity index (χ4n) is 14.6. The molecule has 64 heavy (non-hydrogen) atoms. The van der Waals surface area contributed by atoms with Crippen LogP contribution < -0.4 is 0 Å². The first-order valence-corrected chi connectivity index (χ1v) is 23.8. The highest BCUT2D eigenvalue weighted by Crippen LogP contribution is 2.76. The summed E-state index contributed by atoms with van der Waals surface area (Å²) in [6, 6.07) is 0. The quantitative estimate of drug-likeness (QED) is 0.0946. The molecule has 7 aliphatic rings. The van der Waals surface area contributed by atoms with Crippen molar-refractivity contribution in [2.75, 3.05) is 19.8 Å². The molecule has 11 N–H and O–H groups in total. The van der Waals surface area contributed by atoms with E-state index in [1.807, 2.05) is 13.8 Å². The number of allylic oxidation sites excluding steroid dienone is 2. The standard InChI is InChI=1S/C47H80O17/c1-22(2)10-9-14-47(8,64-40-37(57)32(52)25(51)21-59-40)23-11-16-46(7)31(23)24(50)18-29-44(5)15-13-30(43(3,4)28(44)12-17-45(29,46)6)62-42-39(36(56)34(54)27(20-49)61-42)63-41-38(58)35(55)33(53)26(19-48)60-41/h10,23-42,48-58H,9,11-21H2,1-8H3. The molecule has 0 amide bonds. The lowest BCUT2D eigenvalue weighted by Crippen LogP contribution is -2.68. The van der Waals surface area contributed by atoms with E-state index < -0.39 is 122 Å². The highest BCUT2D eigenvalue weighted by Gasteiger charge is 2.72. The average Bonchev–Trinajstić information content (AvgIpc) is 3.63. The van der Waals surface area contributed by atoms with Crippen molar-refractivity contribution < 1.29 is 84.6 Å². The molecule has 0 aromatic heterocycles. The molecule has 17 nitrogen and oxygen atoms in total. The van der Waals surface area contributed by atoms with Gasteiger partial charge in [0, 0.05) is 0 Å². The monoisotopic (exact) mass is 917 g/mol. The summed E-state index contributed by atoms with van der Waals surface area (Å²) in [4.78, 5) is 0. The Bertz CT molecular complexity index is 1630. The number of aliphatic hydroxyl groups is 11. The number of fused-ring (bicyclic) bond motifs is 5. The van der Waals surface area contributed by atoms with E-state index in [0.717, 1.165) is 32.1 Å². The topological polar surface area (TPSA) is 278 Å². The molecule has 370 valence electrons. The lowest BCUT2D eigenvalue weighted by Gasteiger charge is -2.71. The lowest BCUT2D eigenvalue weighted by atomic mass is 9.35. The number of hydrogen-bond acceptors (Lipinski definition) is 17. The van der Waals surface area contributed by atoms with Crippen LogP contribution >= 0.6 is 0 Å². The second kappa shape index (κ2) is 18.8. The summed E-state index contributed by atoms with van der Waals surface area (Å²) in [7, 11) is 0. The van der Waals surface area contributed by atoms with Crippen molar-refractivity contribution in [3.63, 3.8) is 0 Å². The zero-order valence-electron chi connectivity index (χ0n) is 39.0. The fraction of sp³-hybridized carbons (Fsp3) is 0.957. The minimum absolute atomic E-state index is 0.0908. The van der Waals surface area contributed by atoms with Crippen LogP contribution in [0.15, 0.2) is 11.6 Å². The average molecular weight is 917 g/mol. The molecule has 3 aliphatic heterocycles. The molecule has 0 spiro atoms. The van der Waals surface area contributed by atoms with E-state index in [0.29, 0.717) is 25.7 Å². The van der Waals surface area contributed by atoms with Gasteiger partial charge in [-0.15, -0.1) is 0 Å². The van der Waals surface area contributed by atoms with E-state index in [1.54, 1.807) is 0 Å². The number of hydrogen-bond donors (Lipinski definition) is 11. The van der Waals surface area contributed by atoms with Gasteiger partial charge in [0.05, 0.1) is 37.6 Å². The molecular formula is C47H80O17. The van der Waals surface area contributed by atoms with Crippen LogP contribution in [0.3, 0.4) is 0 Å². The predicted octanol–water partition coefficient (Wildman–Crippen LogP) is 0.612. The molecule has 3 heterocycles. The Morgan fingerprint density at radius 1 is 0.656 bits per heavy atom. The van der Waals surface area contributed by atoms with Crippen molar-refractivity contribution >= 4 is 0 Å². The summed E-state index contributed by atoms with van der Waals surface area (Å²) in [5, 5.41) is 118. The Kier molecular flexibility index (Phi) is 14.9. The Balaban J connectivity index is 1.12. The van der Waals surface area contributed by atoms with Gasteiger partial charge >= 0.3 is 0 Å². The summed E-state index contributed by atoms with van der Waals surface area (Å²) in [6.07, 6.45) is -12.9. The highest BCUT2D eigenvalue weighted by atomic mass is 16.8. The second-order valence-corrected chi connectivity index (χ2v) is 22.4. The van der Waals surface area contributed by atoms with Gasteiger partial charge in [0.1, 0.15) is 67.1 Å². The van der Waals surface area contributed by atoms with E-state index in [-0.39, 0.29) is 46.5 Å². The summed E-state index contributed by atoms with van der Waals surface area (Å²) in [6.45, 7) is 16.1. The molecule has 4 aliphatic carbocycles. The van der Waals surface area contributed by atoms with Crippen LogP contribution in [0.4, 0.5) is 0 Å². The van der Waals surface area contributed by atoms with Gasteiger partial charge in [0.2, 0.25) is 0 Å². The first-order chi connectivity index (χ1) is 29.9. The molecule has 7 fully saturated rings. The van der Waals surface area contributed by atoms with Gasteiger partial charge in [-0.25, -0.2) is 0 Å². The van der Waals surface area contributed by atoms with E-state index in [1.165, 1.54) is 5.57 Å². The van der Waals surface area contributed by atoms with Crippen LogP contribution in [-0.2, 0) is 28.4 Å². The second-order valence-electron chi connectivity index (χ2n) is 22.4. The Hall–Kier alpha value is -0.940. The first kappa shape index (κ1) is 50.9. The van der Waals surface area contributed by atoms with Crippen LogP contribution in [0, 0.1) is 45.3 Å². The third kappa shape index (κ3) is 8.49. The third-order valence-electron chi connectivity index (χ3n) is 18.4. The van der Waals surface area contributed by atoms with Crippen molar-refractivity contribution in [2.45, 2.75) is 217 Å². The highest BCUT2D eigenvalue weighted by molar-refractivity contribution is 5.20. The first-order valence-electron chi connectivity index (χ1n) is 23.8. The summed E-state index contributed by atoms with van der Waals surface area (Å²) in [5.41, 5.74) is -0.853. The molecule has 0 aromatic rings. The van der Waals surface area contributed by atoms with Crippen molar-refractivity contribution in [3.8, 4) is 0 Å². The molecule has 0 radical (unpaired) electrons. The van der Waals surface area contributed by atoms with Crippen molar-refractivity contribution in [1.82, 2.24) is 0 Å². The third-order valence-corrected chi connectivity index (χ3v) is 18.4. The Labute approximate surface area is 377 Å². The normalized spacial score (nSPS) is 52.5. The maximum Gasteiger partial charge on any atom is 0.187 e. The van der Waals surface area contributed by atoms with Crippen LogP contribution in [0.2, 0.25) is 0 Å². The molecular weight excluding hydrogens is 837 g/mol. The maximum atomic E-state index is 12.6. The molecule has 0 bridgehead atoms. The van der Waals surface area contributed by atoms with Crippen molar-refractivity contribution in [2.24, 2.45) is 45.3 Å². The Morgan fingerprint density at radius 3 is 1.91 bits per heavy atom. The van der Waals surface area contributed by atoms with Gasteiger partial charge in [0.25, 0.3) is 0 Å². The summed E-state index contributed by atoms with van der Waals surface area (Å²) >= 11 is 0. The molecule has 3 saturated heterocycles. The number of ether oxygens (including phenoxy) is 6. The maximum absolute atomic E-state index is 12.6. The molecule has 24 atom stereocenters. The zero-order chi connectivity index (χ0) is 47.1. The predicted molar refractivity (Wildman–Crippen MR) is 228 cm³/mol. The van der Waals surface area contributed by atoms with Crippen LogP contribution in [0.25, 0.3) is 0 Å². The minimum atomic E-state index is -1.78. The largest absolute Gasteiger partial charge is 0.394 e. The van der Waals surface area contributed by atoms with Gasteiger partial charge in [-0.2, -0.15) is 0 Å². The molecule has 7 rings (SSSR count). The van der Waals surface area contributed by atoms with Gasteiger partial charge < -0.3 is 84.6 Å². The van der Waals surface area contributed by atoms with Crippen LogP contribution in [0.1, 0.15) is 113 Å². The zero-order valence-corrected chi connectivity index (χ0v) is 39.0. The number of rotatable bonds is 12. The summed E-state index contributed by atoms with van der Waals surface area (Å²) in [5.74, 6) is 0.0334. The van der Waals surface area contributed by atoms with Crippen molar-refractivity contribution in [1.29, 1.82) is 0 Å². The molecule has 0 aromatic carbocycles. The van der Waals surface area contributed by atoms with Gasteiger partial charge in [-0.05, 0) is 124 Å². The van der Waals surface area contributed by atoms with Gasteiger partial charge in [-0.1, -0.05) is 46.3 Å². The molecule has 4 saturated carbocycles. The van der Waals surface area contributed by atoms with E-state index >= 15 is 0 Å². The van der Waals surface area contributed by atoms with E-state index in [2.05, 4.69) is 47.6 Å². The number of aliphatic hydroxyl groups excluding tert-OH is 11. The minimum Gasteiger partial charge on any atom is -0.394 e. The van der Waals surface area contributed by atoms with E-state index in [4.69, 9.17) is 28.4 Å². The van der Waals surface area contributed by atoms with Crippen LogP contribution in [-0.4, -0.2) is 180 Å². The molecule has 24 unspecified atom stereocenters.